The lowest BCUT2D eigenvalue weighted by molar-refractivity contribution is -0.140. The number of alkyl halides is 3. The third-order valence-electron chi connectivity index (χ3n) is 6.34. The standard InChI is InChI=1S/C23H21F5N6O/c1-32-17-10-18(34-8-3-2-5-13(34)12-33-7-4-6-30-33)29-11-15(17)21(31-32)14-9-16(23(26,27)28)20(25)22(35)19(14)24/h4,6-7,9-11,13,35H,2-3,5,8,12H2,1H3. The minimum atomic E-state index is -5.13. The van der Waals surface area contributed by atoms with Crippen molar-refractivity contribution < 1.29 is 27.1 Å². The van der Waals surface area contributed by atoms with E-state index >= 15 is 0 Å². The molecule has 3 aromatic heterocycles. The number of rotatable bonds is 4. The van der Waals surface area contributed by atoms with Crippen LogP contribution in [0.4, 0.5) is 27.8 Å². The summed E-state index contributed by atoms with van der Waals surface area (Å²) < 4.78 is 71.8. The Balaban J connectivity index is 1.57. The van der Waals surface area contributed by atoms with E-state index in [-0.39, 0.29) is 17.1 Å². The lowest BCUT2D eigenvalue weighted by atomic mass is 10.0. The highest BCUT2D eigenvalue weighted by Gasteiger charge is 2.38. The predicted molar refractivity (Wildman–Crippen MR) is 118 cm³/mol. The molecular weight excluding hydrogens is 471 g/mol. The number of aromatic nitrogens is 5. The summed E-state index contributed by atoms with van der Waals surface area (Å²) in [7, 11) is 1.57. The third-order valence-corrected chi connectivity index (χ3v) is 6.34. The predicted octanol–water partition coefficient (Wildman–Crippen LogP) is 4.89. The smallest absolute Gasteiger partial charge is 0.419 e. The number of halogens is 5. The SMILES string of the molecule is Cn1nc(-c2cc(C(F)(F)F)c(F)c(O)c2F)c2cnc(N3CCCCC3Cn3cccn3)cc21. The summed E-state index contributed by atoms with van der Waals surface area (Å²) in [6.07, 6.45) is 2.87. The van der Waals surface area contributed by atoms with Gasteiger partial charge in [-0.25, -0.2) is 13.8 Å². The first-order chi connectivity index (χ1) is 16.6. The summed E-state index contributed by atoms with van der Waals surface area (Å²) in [5, 5.41) is 18.4. The normalized spacial score (nSPS) is 16.9. The van der Waals surface area contributed by atoms with Crippen LogP contribution in [0, 0.1) is 11.6 Å². The van der Waals surface area contributed by atoms with Gasteiger partial charge in [0, 0.05) is 55.2 Å². The molecule has 4 heterocycles. The topological polar surface area (TPSA) is 72.0 Å². The number of fused-ring (bicyclic) bond motifs is 1. The van der Waals surface area contributed by atoms with Crippen molar-refractivity contribution in [1.82, 2.24) is 24.5 Å². The number of benzene rings is 1. The Morgan fingerprint density at radius 2 is 1.94 bits per heavy atom. The number of piperidine rings is 1. The van der Waals surface area contributed by atoms with E-state index in [1.165, 1.54) is 10.9 Å². The number of anilines is 1. The van der Waals surface area contributed by atoms with E-state index in [1.807, 2.05) is 16.9 Å². The van der Waals surface area contributed by atoms with E-state index in [9.17, 15) is 27.1 Å². The zero-order valence-electron chi connectivity index (χ0n) is 18.6. The Morgan fingerprint density at radius 3 is 2.66 bits per heavy atom. The Labute approximate surface area is 196 Å². The van der Waals surface area contributed by atoms with Crippen LogP contribution in [-0.2, 0) is 19.8 Å². The third kappa shape index (κ3) is 4.06. The van der Waals surface area contributed by atoms with E-state index in [0.717, 1.165) is 25.8 Å². The van der Waals surface area contributed by atoms with E-state index in [1.54, 1.807) is 19.3 Å². The minimum absolute atomic E-state index is 0.141. The highest BCUT2D eigenvalue weighted by atomic mass is 19.4. The summed E-state index contributed by atoms with van der Waals surface area (Å²) >= 11 is 0. The summed E-state index contributed by atoms with van der Waals surface area (Å²) in [5.41, 5.74) is -2.10. The van der Waals surface area contributed by atoms with E-state index in [2.05, 4.69) is 20.1 Å². The lowest BCUT2D eigenvalue weighted by Crippen LogP contribution is -2.42. The Bertz CT molecular complexity index is 1380. The number of pyridine rings is 1. The zero-order valence-corrected chi connectivity index (χ0v) is 18.6. The van der Waals surface area contributed by atoms with Crippen LogP contribution < -0.4 is 4.90 Å². The van der Waals surface area contributed by atoms with Gasteiger partial charge in [-0.3, -0.25) is 9.36 Å². The van der Waals surface area contributed by atoms with Crippen LogP contribution in [0.3, 0.4) is 0 Å². The van der Waals surface area contributed by atoms with Gasteiger partial charge in [-0.2, -0.15) is 23.4 Å². The number of aryl methyl sites for hydroxylation is 1. The molecule has 184 valence electrons. The van der Waals surface area contributed by atoms with E-state index < -0.39 is 34.7 Å². The molecule has 1 N–H and O–H groups in total. The van der Waals surface area contributed by atoms with Crippen molar-refractivity contribution in [1.29, 1.82) is 0 Å². The van der Waals surface area contributed by atoms with Crippen molar-refractivity contribution in [2.75, 3.05) is 11.4 Å². The molecule has 35 heavy (non-hydrogen) atoms. The van der Waals surface area contributed by atoms with Gasteiger partial charge in [0.15, 0.2) is 17.4 Å². The summed E-state index contributed by atoms with van der Waals surface area (Å²) in [6.45, 7) is 1.44. The molecule has 0 aliphatic carbocycles. The summed E-state index contributed by atoms with van der Waals surface area (Å²) in [4.78, 5) is 6.67. The van der Waals surface area contributed by atoms with Crippen LogP contribution in [-0.4, -0.2) is 42.2 Å². The van der Waals surface area contributed by atoms with Crippen molar-refractivity contribution in [3.05, 3.63) is 54.0 Å². The average Bonchev–Trinajstić information content (AvgIpc) is 3.45. The Hall–Kier alpha value is -3.70. The summed E-state index contributed by atoms with van der Waals surface area (Å²) in [6, 6.07) is 4.07. The molecule has 1 aliphatic rings. The first kappa shape index (κ1) is 23.1. The van der Waals surface area contributed by atoms with Crippen molar-refractivity contribution >= 4 is 16.7 Å². The highest BCUT2D eigenvalue weighted by Crippen LogP contribution is 2.41. The van der Waals surface area contributed by atoms with E-state index in [4.69, 9.17) is 0 Å². The fourth-order valence-corrected chi connectivity index (χ4v) is 4.62. The second kappa shape index (κ2) is 8.51. The van der Waals surface area contributed by atoms with Gasteiger partial charge in [0.05, 0.1) is 17.6 Å². The van der Waals surface area contributed by atoms with Crippen molar-refractivity contribution in [2.24, 2.45) is 7.05 Å². The molecule has 1 aromatic carbocycles. The molecule has 1 saturated heterocycles. The number of hydrogen-bond acceptors (Lipinski definition) is 5. The van der Waals surface area contributed by atoms with Gasteiger partial charge in [-0.1, -0.05) is 0 Å². The Morgan fingerprint density at radius 1 is 1.14 bits per heavy atom. The quantitative estimate of drug-likeness (QED) is 0.411. The molecule has 12 heteroatoms. The molecule has 1 unspecified atom stereocenters. The van der Waals surface area contributed by atoms with Crippen molar-refractivity contribution in [2.45, 2.75) is 38.0 Å². The maximum Gasteiger partial charge on any atom is 0.419 e. The van der Waals surface area contributed by atoms with Gasteiger partial charge in [-0.05, 0) is 31.4 Å². The van der Waals surface area contributed by atoms with Crippen molar-refractivity contribution in [3.63, 3.8) is 0 Å². The molecule has 0 radical (unpaired) electrons. The second-order valence-corrected chi connectivity index (χ2v) is 8.55. The zero-order chi connectivity index (χ0) is 24.9. The van der Waals surface area contributed by atoms with Gasteiger partial charge >= 0.3 is 6.18 Å². The molecule has 7 nitrogen and oxygen atoms in total. The second-order valence-electron chi connectivity index (χ2n) is 8.55. The number of phenolic OH excluding ortho intramolecular Hbond substituents is 1. The van der Waals surface area contributed by atoms with Gasteiger partial charge in [0.1, 0.15) is 11.5 Å². The van der Waals surface area contributed by atoms with Gasteiger partial charge in [-0.15, -0.1) is 0 Å². The maximum absolute atomic E-state index is 14.7. The van der Waals surface area contributed by atoms with Crippen molar-refractivity contribution in [3.8, 4) is 17.0 Å². The molecule has 0 amide bonds. The van der Waals surface area contributed by atoms with Crippen LogP contribution in [0.2, 0.25) is 0 Å². The molecule has 1 atom stereocenters. The van der Waals surface area contributed by atoms with Gasteiger partial charge < -0.3 is 10.0 Å². The van der Waals surface area contributed by atoms with Crippen LogP contribution >= 0.6 is 0 Å². The first-order valence-electron chi connectivity index (χ1n) is 11.0. The number of hydrogen-bond donors (Lipinski definition) is 1. The molecule has 1 aliphatic heterocycles. The first-order valence-corrected chi connectivity index (χ1v) is 11.0. The minimum Gasteiger partial charge on any atom is -0.503 e. The molecule has 0 bridgehead atoms. The molecule has 5 rings (SSSR count). The molecular formula is C23H21F5N6O. The number of aromatic hydroxyl groups is 1. The average molecular weight is 492 g/mol. The fraction of sp³-hybridized carbons (Fsp3) is 0.348. The molecule has 0 spiro atoms. The molecule has 0 saturated carbocycles. The van der Waals surface area contributed by atoms with Crippen LogP contribution in [0.25, 0.3) is 22.2 Å². The number of phenols is 1. The fourth-order valence-electron chi connectivity index (χ4n) is 4.62. The highest BCUT2D eigenvalue weighted by molar-refractivity contribution is 5.94. The van der Waals surface area contributed by atoms with Gasteiger partial charge in [0.2, 0.25) is 0 Å². The molecule has 4 aromatic rings. The largest absolute Gasteiger partial charge is 0.503 e. The molecule has 1 fully saturated rings. The van der Waals surface area contributed by atoms with Crippen LogP contribution in [0.1, 0.15) is 24.8 Å². The maximum atomic E-state index is 14.7. The summed E-state index contributed by atoms with van der Waals surface area (Å²) in [5.74, 6) is -4.63. The Kier molecular flexibility index (Phi) is 5.60. The van der Waals surface area contributed by atoms with Gasteiger partial charge in [0.25, 0.3) is 0 Å². The van der Waals surface area contributed by atoms with E-state index in [0.29, 0.717) is 23.9 Å². The van der Waals surface area contributed by atoms with Crippen LogP contribution in [0.15, 0.2) is 36.8 Å². The number of nitrogens with zero attached hydrogens (tertiary/aromatic N) is 6. The lowest BCUT2D eigenvalue weighted by Gasteiger charge is -2.36. The monoisotopic (exact) mass is 492 g/mol. The van der Waals surface area contributed by atoms with Crippen LogP contribution in [0.5, 0.6) is 5.75 Å².